The molecule has 0 saturated carbocycles. The Labute approximate surface area is 171 Å². The van der Waals surface area contributed by atoms with Crippen LogP contribution in [0, 0.1) is 0 Å². The van der Waals surface area contributed by atoms with Gasteiger partial charge in [-0.25, -0.2) is 14.8 Å². The van der Waals surface area contributed by atoms with Crippen molar-refractivity contribution in [3.63, 3.8) is 0 Å². The Morgan fingerprint density at radius 3 is 2.50 bits per heavy atom. The zero-order chi connectivity index (χ0) is 19.9. The fourth-order valence-corrected chi connectivity index (χ4v) is 2.80. The lowest BCUT2D eigenvalue weighted by atomic mass is 10.1. The molecule has 28 heavy (non-hydrogen) atoms. The van der Waals surface area contributed by atoms with Crippen molar-refractivity contribution in [1.29, 1.82) is 0 Å². The minimum absolute atomic E-state index is 0.0277. The summed E-state index contributed by atoms with van der Waals surface area (Å²) in [6.45, 7) is 0.0361. The molecule has 1 amide bonds. The SMILES string of the molecule is CSc1ncc(Cl)c(C(=O)OCc2ccc(C(=O)Nc3ccccc3)cc2)n1. The summed E-state index contributed by atoms with van der Waals surface area (Å²) >= 11 is 7.27. The third kappa shape index (κ3) is 5.09. The van der Waals surface area contributed by atoms with Crippen LogP contribution >= 0.6 is 23.4 Å². The number of aromatic nitrogens is 2. The van der Waals surface area contributed by atoms with Crippen LogP contribution in [-0.2, 0) is 11.3 Å². The van der Waals surface area contributed by atoms with Crippen molar-refractivity contribution < 1.29 is 14.3 Å². The van der Waals surface area contributed by atoms with Crippen LogP contribution in [0.15, 0.2) is 66.0 Å². The molecule has 0 saturated heterocycles. The molecule has 0 radical (unpaired) electrons. The minimum atomic E-state index is -0.631. The van der Waals surface area contributed by atoms with Gasteiger partial charge in [0.2, 0.25) is 0 Å². The predicted octanol–water partition coefficient (Wildman–Crippen LogP) is 4.46. The van der Waals surface area contributed by atoms with Crippen molar-refractivity contribution in [2.75, 3.05) is 11.6 Å². The standard InChI is InChI=1S/C20H16ClN3O3S/c1-28-20-22-11-16(21)17(24-20)19(26)27-12-13-7-9-14(10-8-13)18(25)23-15-5-3-2-4-6-15/h2-11H,12H2,1H3,(H,23,25). The molecule has 1 N–H and O–H groups in total. The van der Waals surface area contributed by atoms with Gasteiger partial charge in [0.15, 0.2) is 10.9 Å². The van der Waals surface area contributed by atoms with Crippen LogP contribution in [0.2, 0.25) is 5.02 Å². The number of hydrogen-bond donors (Lipinski definition) is 1. The van der Waals surface area contributed by atoms with Crippen molar-refractivity contribution in [1.82, 2.24) is 9.97 Å². The van der Waals surface area contributed by atoms with E-state index in [9.17, 15) is 9.59 Å². The molecule has 0 bridgehead atoms. The molecule has 3 aromatic rings. The molecular formula is C20H16ClN3O3S. The number of hydrogen-bond acceptors (Lipinski definition) is 6. The van der Waals surface area contributed by atoms with Crippen LogP contribution in [0.1, 0.15) is 26.4 Å². The van der Waals surface area contributed by atoms with E-state index in [0.29, 0.717) is 10.7 Å². The Bertz CT molecular complexity index is 982. The summed E-state index contributed by atoms with van der Waals surface area (Å²) in [6, 6.07) is 16.0. The quantitative estimate of drug-likeness (QED) is 0.365. The lowest BCUT2D eigenvalue weighted by molar-refractivity contribution is 0.0464. The zero-order valence-electron chi connectivity index (χ0n) is 14.9. The van der Waals surface area contributed by atoms with Gasteiger partial charge < -0.3 is 10.1 Å². The second-order valence-corrected chi connectivity index (χ2v) is 6.83. The lowest BCUT2D eigenvalue weighted by Gasteiger charge is -2.08. The first kappa shape index (κ1) is 19.9. The van der Waals surface area contributed by atoms with E-state index in [1.807, 2.05) is 30.3 Å². The molecule has 0 atom stereocenters. The molecule has 0 spiro atoms. The highest BCUT2D eigenvalue weighted by atomic mass is 35.5. The average molecular weight is 414 g/mol. The van der Waals surface area contributed by atoms with Crippen molar-refractivity contribution in [2.24, 2.45) is 0 Å². The molecule has 1 aromatic heterocycles. The van der Waals surface area contributed by atoms with Crippen LogP contribution < -0.4 is 5.32 Å². The largest absolute Gasteiger partial charge is 0.456 e. The number of esters is 1. The first-order chi connectivity index (χ1) is 13.6. The third-order valence-corrected chi connectivity index (χ3v) is 4.55. The molecule has 0 aliphatic heterocycles. The van der Waals surface area contributed by atoms with Gasteiger partial charge in [-0.15, -0.1) is 0 Å². The highest BCUT2D eigenvalue weighted by molar-refractivity contribution is 7.98. The van der Waals surface area contributed by atoms with Gasteiger partial charge in [0, 0.05) is 11.3 Å². The number of para-hydroxylation sites is 1. The molecule has 0 aliphatic carbocycles. The highest BCUT2D eigenvalue weighted by Crippen LogP contribution is 2.18. The van der Waals surface area contributed by atoms with Gasteiger partial charge in [-0.2, -0.15) is 0 Å². The Hall–Kier alpha value is -2.90. The van der Waals surface area contributed by atoms with Gasteiger partial charge in [0.05, 0.1) is 11.2 Å². The lowest BCUT2D eigenvalue weighted by Crippen LogP contribution is -2.12. The summed E-state index contributed by atoms with van der Waals surface area (Å²) < 4.78 is 5.27. The number of anilines is 1. The summed E-state index contributed by atoms with van der Waals surface area (Å²) in [5.41, 5.74) is 1.99. The van der Waals surface area contributed by atoms with Gasteiger partial charge in [-0.05, 0) is 36.1 Å². The number of amides is 1. The van der Waals surface area contributed by atoms with E-state index in [-0.39, 0.29) is 23.2 Å². The monoisotopic (exact) mass is 413 g/mol. The van der Waals surface area contributed by atoms with Gasteiger partial charge in [-0.1, -0.05) is 53.7 Å². The summed E-state index contributed by atoms with van der Waals surface area (Å²) in [4.78, 5) is 32.5. The number of rotatable bonds is 6. The van der Waals surface area contributed by atoms with Crippen LogP contribution in [0.3, 0.4) is 0 Å². The summed E-state index contributed by atoms with van der Waals surface area (Å²) in [7, 11) is 0. The Morgan fingerprint density at radius 1 is 1.11 bits per heavy atom. The number of thioether (sulfide) groups is 1. The minimum Gasteiger partial charge on any atom is -0.456 e. The molecule has 0 aliphatic rings. The molecule has 0 fully saturated rings. The normalized spacial score (nSPS) is 10.4. The highest BCUT2D eigenvalue weighted by Gasteiger charge is 2.16. The molecule has 3 rings (SSSR count). The number of carbonyl (C=O) groups is 2. The van der Waals surface area contributed by atoms with Crippen molar-refractivity contribution in [3.8, 4) is 0 Å². The van der Waals surface area contributed by atoms with E-state index in [1.54, 1.807) is 30.5 Å². The second kappa shape index (κ2) is 9.34. The topological polar surface area (TPSA) is 81.2 Å². The van der Waals surface area contributed by atoms with Crippen LogP contribution in [0.4, 0.5) is 5.69 Å². The van der Waals surface area contributed by atoms with Gasteiger partial charge in [0.1, 0.15) is 6.61 Å². The number of ether oxygens (including phenoxy) is 1. The van der Waals surface area contributed by atoms with Crippen LogP contribution in [0.5, 0.6) is 0 Å². The van der Waals surface area contributed by atoms with Crippen molar-refractivity contribution in [2.45, 2.75) is 11.8 Å². The molecule has 0 unspecified atom stereocenters. The number of benzene rings is 2. The summed E-state index contributed by atoms with van der Waals surface area (Å²) in [5, 5.41) is 3.38. The molecule has 1 heterocycles. The number of halogens is 1. The van der Waals surface area contributed by atoms with Crippen LogP contribution in [-0.4, -0.2) is 28.1 Å². The Morgan fingerprint density at radius 2 is 1.82 bits per heavy atom. The molecule has 142 valence electrons. The first-order valence-corrected chi connectivity index (χ1v) is 9.86. The van der Waals surface area contributed by atoms with Gasteiger partial charge in [0.25, 0.3) is 5.91 Å². The van der Waals surface area contributed by atoms with Crippen molar-refractivity contribution in [3.05, 3.63) is 82.6 Å². The third-order valence-electron chi connectivity index (χ3n) is 3.72. The van der Waals surface area contributed by atoms with Crippen LogP contribution in [0.25, 0.3) is 0 Å². The van der Waals surface area contributed by atoms with E-state index < -0.39 is 5.97 Å². The first-order valence-electron chi connectivity index (χ1n) is 8.26. The predicted molar refractivity (Wildman–Crippen MR) is 109 cm³/mol. The average Bonchev–Trinajstić information content (AvgIpc) is 2.73. The summed E-state index contributed by atoms with van der Waals surface area (Å²) in [5.74, 6) is -0.847. The Balaban J connectivity index is 1.60. The van der Waals surface area contributed by atoms with E-state index in [1.165, 1.54) is 18.0 Å². The molecule has 8 heteroatoms. The molecule has 6 nitrogen and oxygen atoms in total. The zero-order valence-corrected chi connectivity index (χ0v) is 16.5. The number of carbonyl (C=O) groups excluding carboxylic acids is 2. The smallest absolute Gasteiger partial charge is 0.358 e. The summed E-state index contributed by atoms with van der Waals surface area (Å²) in [6.07, 6.45) is 3.17. The van der Waals surface area contributed by atoms with E-state index >= 15 is 0 Å². The number of nitrogens with zero attached hydrogens (tertiary/aromatic N) is 2. The molecular weight excluding hydrogens is 398 g/mol. The molecule has 2 aromatic carbocycles. The maximum atomic E-state index is 12.2. The second-order valence-electron chi connectivity index (χ2n) is 5.65. The Kier molecular flexibility index (Phi) is 6.62. The maximum absolute atomic E-state index is 12.2. The number of nitrogens with one attached hydrogen (secondary N) is 1. The van der Waals surface area contributed by atoms with Crippen molar-refractivity contribution >= 4 is 40.9 Å². The van der Waals surface area contributed by atoms with E-state index in [0.717, 1.165) is 11.3 Å². The van der Waals surface area contributed by atoms with Gasteiger partial charge >= 0.3 is 5.97 Å². The fourth-order valence-electron chi connectivity index (χ4n) is 2.29. The maximum Gasteiger partial charge on any atom is 0.358 e. The van der Waals surface area contributed by atoms with E-state index in [4.69, 9.17) is 16.3 Å². The van der Waals surface area contributed by atoms with E-state index in [2.05, 4.69) is 15.3 Å². The fraction of sp³-hybridized carbons (Fsp3) is 0.100. The van der Waals surface area contributed by atoms with Gasteiger partial charge in [-0.3, -0.25) is 4.79 Å².